The molecule has 12 heteroatoms. The molecule has 1 N–H and O–H groups in total. The van der Waals surface area contributed by atoms with E-state index in [1.165, 1.54) is 42.0 Å². The molecule has 0 spiro atoms. The van der Waals surface area contributed by atoms with Crippen molar-refractivity contribution in [1.82, 2.24) is 9.47 Å². The number of pyridine rings is 1. The van der Waals surface area contributed by atoms with Gasteiger partial charge >= 0.3 is 0 Å². The summed E-state index contributed by atoms with van der Waals surface area (Å²) in [5.41, 5.74) is 0.679. The van der Waals surface area contributed by atoms with Gasteiger partial charge in [0, 0.05) is 61.8 Å². The van der Waals surface area contributed by atoms with Gasteiger partial charge in [0.05, 0.1) is 19.0 Å². The maximum absolute atomic E-state index is 14.4. The molecule has 38 heavy (non-hydrogen) atoms. The van der Waals surface area contributed by atoms with Crippen LogP contribution in [0.25, 0.3) is 11.1 Å². The molecule has 9 nitrogen and oxygen atoms in total. The van der Waals surface area contributed by atoms with Crippen LogP contribution in [-0.2, 0) is 21.8 Å². The summed E-state index contributed by atoms with van der Waals surface area (Å²) in [4.78, 5) is 14.7. The molecule has 0 aliphatic carbocycles. The van der Waals surface area contributed by atoms with Crippen LogP contribution in [0.1, 0.15) is 6.92 Å². The van der Waals surface area contributed by atoms with Crippen LogP contribution in [0.4, 0.5) is 14.5 Å². The number of rotatable bonds is 10. The van der Waals surface area contributed by atoms with Crippen LogP contribution in [0.3, 0.4) is 0 Å². The van der Waals surface area contributed by atoms with Gasteiger partial charge in [-0.05, 0) is 37.3 Å². The standard InChI is InChI=1S/C26H29F2N3O6S/c1-3-38(33,34)29-19-5-7-23(37-24-6-4-18(27)14-22(24)28)20(15-19)21-17-30(2)26(32)16-25(21)36-13-10-31-8-11-35-12-9-31/h4-7,14-17,29H,3,8-13H2,1-2H3. The number of aryl methyl sites for hydroxylation is 1. The van der Waals surface area contributed by atoms with E-state index in [0.717, 1.165) is 25.2 Å². The van der Waals surface area contributed by atoms with Crippen LogP contribution in [0, 0.1) is 11.6 Å². The topological polar surface area (TPSA) is 99.1 Å². The first-order valence-electron chi connectivity index (χ1n) is 12.1. The van der Waals surface area contributed by atoms with E-state index in [1.54, 1.807) is 7.05 Å². The van der Waals surface area contributed by atoms with E-state index < -0.39 is 21.7 Å². The van der Waals surface area contributed by atoms with Crippen molar-refractivity contribution in [1.29, 1.82) is 0 Å². The fourth-order valence-corrected chi connectivity index (χ4v) is 4.50. The average molecular weight is 550 g/mol. The number of ether oxygens (including phenoxy) is 3. The number of hydrogen-bond acceptors (Lipinski definition) is 7. The van der Waals surface area contributed by atoms with E-state index in [9.17, 15) is 22.0 Å². The molecule has 3 aromatic rings. The number of aromatic nitrogens is 1. The van der Waals surface area contributed by atoms with Gasteiger partial charge in [0.2, 0.25) is 10.0 Å². The lowest BCUT2D eigenvalue weighted by molar-refractivity contribution is 0.0322. The predicted octanol–water partition coefficient (Wildman–Crippen LogP) is 3.60. The first-order chi connectivity index (χ1) is 18.1. The van der Waals surface area contributed by atoms with Crippen molar-refractivity contribution in [3.8, 4) is 28.4 Å². The molecular formula is C26H29F2N3O6S. The minimum Gasteiger partial charge on any atom is -0.491 e. The molecule has 2 heterocycles. The highest BCUT2D eigenvalue weighted by molar-refractivity contribution is 7.92. The molecule has 0 saturated carbocycles. The van der Waals surface area contributed by atoms with E-state index in [1.807, 2.05) is 0 Å². The van der Waals surface area contributed by atoms with Gasteiger partial charge in [0.1, 0.15) is 23.9 Å². The number of nitrogens with zero attached hydrogens (tertiary/aromatic N) is 2. The zero-order valence-corrected chi connectivity index (χ0v) is 21.9. The van der Waals surface area contributed by atoms with E-state index in [4.69, 9.17) is 14.2 Å². The summed E-state index contributed by atoms with van der Waals surface area (Å²) in [5.74, 6) is -1.64. The number of halogens is 2. The van der Waals surface area contributed by atoms with Gasteiger partial charge in [-0.25, -0.2) is 17.2 Å². The highest BCUT2D eigenvalue weighted by Crippen LogP contribution is 2.40. The van der Waals surface area contributed by atoms with Crippen molar-refractivity contribution in [3.05, 3.63) is 70.6 Å². The summed E-state index contributed by atoms with van der Waals surface area (Å²) in [6.07, 6.45) is 1.54. The summed E-state index contributed by atoms with van der Waals surface area (Å²) in [6.45, 7) is 5.21. The van der Waals surface area contributed by atoms with Crippen molar-refractivity contribution in [2.24, 2.45) is 7.05 Å². The molecule has 1 aliphatic rings. The molecule has 1 fully saturated rings. The number of morpholine rings is 1. The van der Waals surface area contributed by atoms with Gasteiger partial charge in [0.25, 0.3) is 5.56 Å². The van der Waals surface area contributed by atoms with Crippen LogP contribution >= 0.6 is 0 Å². The minimum absolute atomic E-state index is 0.142. The quantitative estimate of drug-likeness (QED) is 0.413. The molecule has 0 bridgehead atoms. The first kappa shape index (κ1) is 27.6. The lowest BCUT2D eigenvalue weighted by Crippen LogP contribution is -2.38. The summed E-state index contributed by atoms with van der Waals surface area (Å²) in [6, 6.07) is 8.70. The molecule has 0 radical (unpaired) electrons. The third kappa shape index (κ3) is 6.88. The molecule has 0 atom stereocenters. The van der Waals surface area contributed by atoms with E-state index in [0.29, 0.717) is 37.0 Å². The van der Waals surface area contributed by atoms with Crippen molar-refractivity contribution in [2.45, 2.75) is 6.92 Å². The molecule has 1 aromatic heterocycles. The first-order valence-corrected chi connectivity index (χ1v) is 13.7. The number of sulfonamides is 1. The molecule has 1 aliphatic heterocycles. The maximum atomic E-state index is 14.4. The van der Waals surface area contributed by atoms with Crippen LogP contribution in [-0.4, -0.2) is 63.1 Å². The number of hydrogen-bond donors (Lipinski definition) is 1. The van der Waals surface area contributed by atoms with Gasteiger partial charge in [-0.15, -0.1) is 0 Å². The SMILES string of the molecule is CCS(=O)(=O)Nc1ccc(Oc2ccc(F)cc2F)c(-c2cn(C)c(=O)cc2OCCN2CCOCC2)c1. The second-order valence-electron chi connectivity index (χ2n) is 8.70. The maximum Gasteiger partial charge on any atom is 0.254 e. The van der Waals surface area contributed by atoms with E-state index >= 15 is 0 Å². The van der Waals surface area contributed by atoms with Gasteiger partial charge in [-0.2, -0.15) is 0 Å². The number of anilines is 1. The average Bonchev–Trinajstić information content (AvgIpc) is 2.89. The minimum atomic E-state index is -3.60. The Balaban J connectivity index is 1.74. The Labute approximate surface area is 219 Å². The monoisotopic (exact) mass is 549 g/mol. The Morgan fingerprint density at radius 2 is 1.74 bits per heavy atom. The number of benzene rings is 2. The third-order valence-electron chi connectivity index (χ3n) is 6.00. The van der Waals surface area contributed by atoms with Crippen molar-refractivity contribution in [2.75, 3.05) is 49.9 Å². The molecule has 4 rings (SSSR count). The fourth-order valence-electron chi connectivity index (χ4n) is 3.86. The third-order valence-corrected chi connectivity index (χ3v) is 7.30. The highest BCUT2D eigenvalue weighted by atomic mass is 32.2. The summed E-state index contributed by atoms with van der Waals surface area (Å²) in [7, 11) is -2.04. The van der Waals surface area contributed by atoms with E-state index in [2.05, 4.69) is 9.62 Å². The highest BCUT2D eigenvalue weighted by Gasteiger charge is 2.19. The van der Waals surface area contributed by atoms with Gasteiger partial charge < -0.3 is 18.8 Å². The Morgan fingerprint density at radius 1 is 1.00 bits per heavy atom. The van der Waals surface area contributed by atoms with Crippen LogP contribution in [0.15, 0.2) is 53.5 Å². The lowest BCUT2D eigenvalue weighted by atomic mass is 10.0. The summed E-state index contributed by atoms with van der Waals surface area (Å²) < 4.78 is 73.3. The molecule has 204 valence electrons. The Morgan fingerprint density at radius 3 is 2.45 bits per heavy atom. The molecule has 0 amide bonds. The predicted molar refractivity (Wildman–Crippen MR) is 139 cm³/mol. The fraction of sp³-hybridized carbons (Fsp3) is 0.346. The normalized spacial score (nSPS) is 14.3. The Hall–Kier alpha value is -3.48. The zero-order valence-electron chi connectivity index (χ0n) is 21.1. The lowest BCUT2D eigenvalue weighted by Gasteiger charge is -2.26. The zero-order chi connectivity index (χ0) is 27.3. The smallest absolute Gasteiger partial charge is 0.254 e. The van der Waals surface area contributed by atoms with Crippen molar-refractivity contribution in [3.63, 3.8) is 0 Å². The van der Waals surface area contributed by atoms with Crippen LogP contribution in [0.2, 0.25) is 0 Å². The molecule has 0 unspecified atom stereocenters. The second kappa shape index (κ2) is 11.9. The van der Waals surface area contributed by atoms with Crippen molar-refractivity contribution >= 4 is 15.7 Å². The number of nitrogens with one attached hydrogen (secondary N) is 1. The molecule has 1 saturated heterocycles. The summed E-state index contributed by atoms with van der Waals surface area (Å²) >= 11 is 0. The largest absolute Gasteiger partial charge is 0.491 e. The van der Waals surface area contributed by atoms with Gasteiger partial charge in [0.15, 0.2) is 11.6 Å². The van der Waals surface area contributed by atoms with Crippen LogP contribution < -0.4 is 19.8 Å². The van der Waals surface area contributed by atoms with Crippen molar-refractivity contribution < 1.29 is 31.4 Å². The Bertz CT molecular complexity index is 1460. The molecular weight excluding hydrogens is 520 g/mol. The Kier molecular flexibility index (Phi) is 8.65. The van der Waals surface area contributed by atoms with E-state index in [-0.39, 0.29) is 40.9 Å². The second-order valence-corrected chi connectivity index (χ2v) is 10.7. The van der Waals surface area contributed by atoms with Gasteiger partial charge in [-0.1, -0.05) is 0 Å². The van der Waals surface area contributed by atoms with Gasteiger partial charge in [-0.3, -0.25) is 14.4 Å². The summed E-state index contributed by atoms with van der Waals surface area (Å²) in [5, 5.41) is 0. The molecule has 2 aromatic carbocycles. The van der Waals surface area contributed by atoms with Crippen LogP contribution in [0.5, 0.6) is 17.2 Å².